The number of hydrogen-bond acceptors (Lipinski definition) is 3. The van der Waals surface area contributed by atoms with E-state index in [-0.39, 0.29) is 13.0 Å². The van der Waals surface area contributed by atoms with Crippen LogP contribution < -0.4 is 9.47 Å². The highest BCUT2D eigenvalue weighted by molar-refractivity contribution is 5.73. The Morgan fingerprint density at radius 2 is 1.69 bits per heavy atom. The van der Waals surface area contributed by atoms with Gasteiger partial charge in [0.25, 0.3) is 0 Å². The van der Waals surface area contributed by atoms with E-state index in [9.17, 15) is 18.0 Å². The number of alkyl halides is 3. The third kappa shape index (κ3) is 6.05. The number of benzene rings is 3. The zero-order chi connectivity index (χ0) is 23.1. The summed E-state index contributed by atoms with van der Waals surface area (Å²) in [6, 6.07) is 17.1. The third-order valence-corrected chi connectivity index (χ3v) is 4.52. The highest BCUT2D eigenvalue weighted by Crippen LogP contribution is 2.33. The molecule has 4 nitrogen and oxygen atoms in total. The lowest BCUT2D eigenvalue weighted by Crippen LogP contribution is -2.04. The van der Waals surface area contributed by atoms with Gasteiger partial charge in [-0.15, -0.1) is 0 Å². The maximum atomic E-state index is 12.6. The highest BCUT2D eigenvalue weighted by Gasteiger charge is 2.29. The molecule has 0 heterocycles. The van der Waals surface area contributed by atoms with E-state index in [1.165, 1.54) is 19.2 Å². The largest absolute Gasteiger partial charge is 0.493 e. The minimum Gasteiger partial charge on any atom is -0.493 e. The lowest BCUT2D eigenvalue weighted by atomic mass is 10.0. The maximum Gasteiger partial charge on any atom is 0.416 e. The van der Waals surface area contributed by atoms with Gasteiger partial charge in [0.1, 0.15) is 6.61 Å². The molecule has 0 spiro atoms. The Labute approximate surface area is 183 Å². The predicted molar refractivity (Wildman–Crippen MR) is 114 cm³/mol. The Bertz CT molecular complexity index is 1160. The van der Waals surface area contributed by atoms with Crippen LogP contribution in [-0.2, 0) is 17.4 Å². The van der Waals surface area contributed by atoms with Gasteiger partial charge in [-0.1, -0.05) is 42.2 Å². The van der Waals surface area contributed by atoms with Crippen LogP contribution in [0.5, 0.6) is 11.5 Å². The lowest BCUT2D eigenvalue weighted by molar-refractivity contribution is -0.138. The van der Waals surface area contributed by atoms with Gasteiger partial charge in [-0.2, -0.15) is 13.2 Å². The van der Waals surface area contributed by atoms with Crippen molar-refractivity contribution in [2.45, 2.75) is 12.6 Å². The van der Waals surface area contributed by atoms with Gasteiger partial charge in [-0.3, -0.25) is 4.79 Å². The second-order valence-corrected chi connectivity index (χ2v) is 6.80. The van der Waals surface area contributed by atoms with E-state index in [0.717, 1.165) is 23.3 Å². The average molecular weight is 440 g/mol. The van der Waals surface area contributed by atoms with E-state index in [0.29, 0.717) is 22.6 Å². The standard InChI is InChI=1S/C25H19F3O4/c1-31-22-12-9-20(19-6-2-4-18(14-19)15-24(29)30)16-23(22)32-13-3-5-17-7-10-21(11-8-17)25(26,27)28/h2,4,6-12,14,16H,13,15H2,1H3,(H,29,30). The number of methoxy groups -OCH3 is 1. The average Bonchev–Trinajstić information content (AvgIpc) is 2.76. The van der Waals surface area contributed by atoms with Crippen molar-refractivity contribution < 1.29 is 32.5 Å². The SMILES string of the molecule is COc1ccc(-c2cccc(CC(=O)O)c2)cc1OCC#Cc1ccc(C(F)(F)F)cc1. The fourth-order valence-corrected chi connectivity index (χ4v) is 3.00. The second-order valence-electron chi connectivity index (χ2n) is 6.80. The van der Waals surface area contributed by atoms with Crippen LogP contribution in [0.15, 0.2) is 66.7 Å². The molecule has 0 bridgehead atoms. The number of carboxylic acid groups (broad SMARTS) is 1. The summed E-state index contributed by atoms with van der Waals surface area (Å²) in [6.07, 6.45) is -4.46. The third-order valence-electron chi connectivity index (χ3n) is 4.52. The van der Waals surface area contributed by atoms with Gasteiger partial charge >= 0.3 is 12.1 Å². The molecule has 7 heteroatoms. The van der Waals surface area contributed by atoms with E-state index in [1.807, 2.05) is 12.1 Å². The topological polar surface area (TPSA) is 55.8 Å². The van der Waals surface area contributed by atoms with E-state index in [2.05, 4.69) is 11.8 Å². The first-order valence-electron chi connectivity index (χ1n) is 9.54. The molecule has 3 rings (SSSR count). The van der Waals surface area contributed by atoms with Crippen molar-refractivity contribution in [1.29, 1.82) is 0 Å². The van der Waals surface area contributed by atoms with Crippen molar-refractivity contribution in [2.75, 3.05) is 13.7 Å². The monoisotopic (exact) mass is 440 g/mol. The van der Waals surface area contributed by atoms with Crippen molar-refractivity contribution in [3.8, 4) is 34.5 Å². The summed E-state index contributed by atoms with van der Waals surface area (Å²) >= 11 is 0. The van der Waals surface area contributed by atoms with Crippen molar-refractivity contribution >= 4 is 5.97 Å². The van der Waals surface area contributed by atoms with Gasteiger partial charge in [-0.05, 0) is 53.1 Å². The molecule has 3 aromatic carbocycles. The van der Waals surface area contributed by atoms with E-state index in [4.69, 9.17) is 14.6 Å². The van der Waals surface area contributed by atoms with Crippen molar-refractivity contribution in [2.24, 2.45) is 0 Å². The van der Waals surface area contributed by atoms with Crippen LogP contribution in [-0.4, -0.2) is 24.8 Å². The highest BCUT2D eigenvalue weighted by atomic mass is 19.4. The molecule has 0 atom stereocenters. The molecule has 0 saturated heterocycles. The number of halogens is 3. The van der Waals surface area contributed by atoms with Gasteiger partial charge in [0.15, 0.2) is 11.5 Å². The van der Waals surface area contributed by atoms with Crippen molar-refractivity contribution in [1.82, 2.24) is 0 Å². The van der Waals surface area contributed by atoms with Crippen LogP contribution in [0, 0.1) is 11.8 Å². The molecule has 164 valence electrons. The molecule has 32 heavy (non-hydrogen) atoms. The van der Waals surface area contributed by atoms with Gasteiger partial charge in [0.05, 0.1) is 19.1 Å². The molecule has 0 fully saturated rings. The Morgan fingerprint density at radius 1 is 0.969 bits per heavy atom. The summed E-state index contributed by atoms with van der Waals surface area (Å²) in [4.78, 5) is 11.0. The molecular weight excluding hydrogens is 421 g/mol. The zero-order valence-corrected chi connectivity index (χ0v) is 17.1. The number of aliphatic carboxylic acids is 1. The molecular formula is C25H19F3O4. The Kier molecular flexibility index (Phi) is 7.06. The smallest absolute Gasteiger partial charge is 0.416 e. The molecule has 0 unspecified atom stereocenters. The maximum absolute atomic E-state index is 12.6. The van der Waals surface area contributed by atoms with Crippen molar-refractivity contribution in [3.63, 3.8) is 0 Å². The summed E-state index contributed by atoms with van der Waals surface area (Å²) in [7, 11) is 1.50. The number of rotatable bonds is 6. The fourth-order valence-electron chi connectivity index (χ4n) is 3.00. The molecule has 1 N–H and O–H groups in total. The van der Waals surface area contributed by atoms with E-state index in [1.54, 1.807) is 30.3 Å². The van der Waals surface area contributed by atoms with E-state index < -0.39 is 17.7 Å². The summed E-state index contributed by atoms with van der Waals surface area (Å²) in [5, 5.41) is 8.99. The molecule has 0 aliphatic carbocycles. The van der Waals surface area contributed by atoms with Crippen LogP contribution in [0.1, 0.15) is 16.7 Å². The van der Waals surface area contributed by atoms with Crippen LogP contribution in [0.4, 0.5) is 13.2 Å². The van der Waals surface area contributed by atoms with Gasteiger partial charge in [-0.25, -0.2) is 0 Å². The van der Waals surface area contributed by atoms with Gasteiger partial charge < -0.3 is 14.6 Å². The molecule has 0 aliphatic rings. The molecule has 0 amide bonds. The minimum atomic E-state index is -4.39. The van der Waals surface area contributed by atoms with Crippen LogP contribution in [0.25, 0.3) is 11.1 Å². The summed E-state index contributed by atoms with van der Waals surface area (Å²) in [6.45, 7) is -0.000110. The van der Waals surface area contributed by atoms with Crippen LogP contribution in [0.2, 0.25) is 0 Å². The lowest BCUT2D eigenvalue weighted by Gasteiger charge is -2.11. The van der Waals surface area contributed by atoms with Crippen molar-refractivity contribution in [3.05, 3.63) is 83.4 Å². The summed E-state index contributed by atoms with van der Waals surface area (Å²) in [5.41, 5.74) is 2.03. The molecule has 0 aromatic heterocycles. The van der Waals surface area contributed by atoms with Gasteiger partial charge in [0, 0.05) is 5.56 Å². The summed E-state index contributed by atoms with van der Waals surface area (Å²) < 4.78 is 48.9. The van der Waals surface area contributed by atoms with Crippen LogP contribution >= 0.6 is 0 Å². The van der Waals surface area contributed by atoms with Gasteiger partial charge in [0.2, 0.25) is 0 Å². The van der Waals surface area contributed by atoms with Crippen LogP contribution in [0.3, 0.4) is 0 Å². The second kappa shape index (κ2) is 9.92. The summed E-state index contributed by atoms with van der Waals surface area (Å²) in [5.74, 6) is 5.56. The normalized spacial score (nSPS) is 10.8. The fraction of sp³-hybridized carbons (Fsp3) is 0.160. The number of ether oxygens (including phenoxy) is 2. The molecule has 0 saturated carbocycles. The first-order chi connectivity index (χ1) is 15.3. The first kappa shape index (κ1) is 22.8. The number of carbonyl (C=O) groups is 1. The zero-order valence-electron chi connectivity index (χ0n) is 17.1. The first-order valence-corrected chi connectivity index (χ1v) is 9.54. The quantitative estimate of drug-likeness (QED) is 0.519. The minimum absolute atomic E-state index is 0.000110. The Balaban J connectivity index is 1.74. The molecule has 0 aliphatic heterocycles. The molecule has 0 radical (unpaired) electrons. The number of hydrogen-bond donors (Lipinski definition) is 1. The Morgan fingerprint density at radius 3 is 2.34 bits per heavy atom. The Hall–Kier alpha value is -3.92. The molecule has 3 aromatic rings. The predicted octanol–water partition coefficient (Wildman–Crippen LogP) is 5.44. The number of carboxylic acids is 1. The van der Waals surface area contributed by atoms with E-state index >= 15 is 0 Å².